The van der Waals surface area contributed by atoms with Crippen LogP contribution in [0.3, 0.4) is 0 Å². The van der Waals surface area contributed by atoms with Gasteiger partial charge in [-0.05, 0) is 29.3 Å². The topological polar surface area (TPSA) is 68.0 Å². The number of hydrogen-bond acceptors (Lipinski definition) is 3. The zero-order chi connectivity index (χ0) is 14.3. The summed E-state index contributed by atoms with van der Waals surface area (Å²) in [6.45, 7) is 4.79. The molecule has 1 N–H and O–H groups in total. The Hall–Kier alpha value is -1.63. The third kappa shape index (κ3) is 1.88. The van der Waals surface area contributed by atoms with Crippen LogP contribution in [0.25, 0.3) is 16.8 Å². The summed E-state index contributed by atoms with van der Waals surface area (Å²) in [5.41, 5.74) is 1.35. The lowest BCUT2D eigenvalue weighted by atomic mass is 10.2. The monoisotopic (exact) mass is 337 g/mol. The molecule has 0 unspecified atom stereocenters. The van der Waals surface area contributed by atoms with E-state index >= 15 is 0 Å². The summed E-state index contributed by atoms with van der Waals surface area (Å²) in [5, 5.41) is 8.21. The summed E-state index contributed by atoms with van der Waals surface area (Å²) >= 11 is 3.50. The molecule has 0 amide bonds. The molecule has 3 aromatic rings. The van der Waals surface area contributed by atoms with Gasteiger partial charge >= 0.3 is 0 Å². The molecule has 3 heterocycles. The van der Waals surface area contributed by atoms with Crippen molar-refractivity contribution >= 4 is 32.7 Å². The van der Waals surface area contributed by atoms with Crippen LogP contribution in [-0.4, -0.2) is 24.1 Å². The molecule has 0 aliphatic heterocycles. The molecule has 0 aliphatic rings. The van der Waals surface area contributed by atoms with Crippen LogP contribution in [0.15, 0.2) is 15.5 Å². The number of nitrogens with zero attached hydrogens (tertiary/aromatic N) is 4. The first-order valence-corrected chi connectivity index (χ1v) is 7.55. The third-order valence-electron chi connectivity index (χ3n) is 3.53. The summed E-state index contributed by atoms with van der Waals surface area (Å²) in [6.07, 6.45) is 5.15. The molecule has 0 atom stereocenters. The molecule has 0 bridgehead atoms. The van der Waals surface area contributed by atoms with E-state index in [9.17, 15) is 4.79 Å². The first-order chi connectivity index (χ1) is 9.65. The van der Waals surface area contributed by atoms with Crippen LogP contribution in [-0.2, 0) is 6.54 Å². The maximum absolute atomic E-state index is 12.5. The van der Waals surface area contributed by atoms with Crippen molar-refractivity contribution in [3.63, 3.8) is 0 Å². The zero-order valence-corrected chi connectivity index (χ0v) is 13.1. The first kappa shape index (κ1) is 13.4. The van der Waals surface area contributed by atoms with E-state index in [1.54, 1.807) is 17.5 Å². The van der Waals surface area contributed by atoms with Crippen LogP contribution in [0, 0.1) is 6.92 Å². The summed E-state index contributed by atoms with van der Waals surface area (Å²) in [5.74, 6) is 1.22. The SMILES string of the molecule is CCCCCn1c2c(Br)c[nH]c2c(=O)n2c(C)nnc12. The van der Waals surface area contributed by atoms with Gasteiger partial charge in [0.2, 0.25) is 5.78 Å². The standard InChI is InChI=1S/C13H16BrN5O/c1-3-4-5-6-18-11-9(14)7-15-10(11)12(20)19-8(2)16-17-13(18)19/h7,15H,3-6H2,1-2H3. The van der Waals surface area contributed by atoms with Gasteiger partial charge in [0.1, 0.15) is 11.3 Å². The molecule has 3 aromatic heterocycles. The van der Waals surface area contributed by atoms with Crippen molar-refractivity contribution in [1.82, 2.24) is 24.1 Å². The van der Waals surface area contributed by atoms with Crippen molar-refractivity contribution in [1.29, 1.82) is 0 Å². The lowest BCUT2D eigenvalue weighted by Crippen LogP contribution is -2.20. The molecular formula is C13H16BrN5O. The average Bonchev–Trinajstić information content (AvgIpc) is 2.99. The number of hydrogen-bond donors (Lipinski definition) is 1. The van der Waals surface area contributed by atoms with E-state index in [1.165, 1.54) is 0 Å². The number of fused-ring (bicyclic) bond motifs is 2. The molecule has 0 saturated heterocycles. The van der Waals surface area contributed by atoms with E-state index in [0.29, 0.717) is 17.1 Å². The maximum atomic E-state index is 12.5. The van der Waals surface area contributed by atoms with E-state index in [-0.39, 0.29) is 5.56 Å². The fourth-order valence-electron chi connectivity index (χ4n) is 2.53. The highest BCUT2D eigenvalue weighted by molar-refractivity contribution is 9.10. The van der Waals surface area contributed by atoms with Crippen LogP contribution >= 0.6 is 15.9 Å². The van der Waals surface area contributed by atoms with Crippen molar-refractivity contribution in [3.8, 4) is 0 Å². The second-order valence-corrected chi connectivity index (χ2v) is 5.76. The minimum atomic E-state index is -0.102. The number of aromatic amines is 1. The summed E-state index contributed by atoms with van der Waals surface area (Å²) in [7, 11) is 0. The van der Waals surface area contributed by atoms with Crippen LogP contribution in [0.4, 0.5) is 0 Å². The highest BCUT2D eigenvalue weighted by Gasteiger charge is 2.17. The third-order valence-corrected chi connectivity index (χ3v) is 4.13. The molecule has 7 heteroatoms. The molecule has 0 radical (unpaired) electrons. The van der Waals surface area contributed by atoms with Gasteiger partial charge in [-0.3, -0.25) is 4.79 Å². The second-order valence-electron chi connectivity index (χ2n) is 4.91. The molecule has 3 rings (SSSR count). The normalized spacial score (nSPS) is 11.8. The molecular weight excluding hydrogens is 322 g/mol. The highest BCUT2D eigenvalue weighted by Crippen LogP contribution is 2.23. The number of aromatic nitrogens is 5. The number of aryl methyl sites for hydroxylation is 2. The van der Waals surface area contributed by atoms with Gasteiger partial charge in [-0.2, -0.15) is 0 Å². The molecule has 0 aliphatic carbocycles. The summed E-state index contributed by atoms with van der Waals surface area (Å²) in [6, 6.07) is 0. The fourth-order valence-corrected chi connectivity index (χ4v) is 3.05. The van der Waals surface area contributed by atoms with Crippen LogP contribution in [0.1, 0.15) is 32.0 Å². The van der Waals surface area contributed by atoms with E-state index in [0.717, 1.165) is 35.8 Å². The van der Waals surface area contributed by atoms with Gasteiger partial charge in [0.25, 0.3) is 5.56 Å². The van der Waals surface area contributed by atoms with Gasteiger partial charge < -0.3 is 9.55 Å². The number of unbranched alkanes of at least 4 members (excludes halogenated alkanes) is 2. The van der Waals surface area contributed by atoms with Crippen molar-refractivity contribution in [3.05, 3.63) is 26.8 Å². The Morgan fingerprint density at radius 3 is 2.90 bits per heavy atom. The number of rotatable bonds is 4. The molecule has 0 aromatic carbocycles. The van der Waals surface area contributed by atoms with E-state index in [2.05, 4.69) is 42.6 Å². The van der Waals surface area contributed by atoms with Gasteiger partial charge in [-0.25, -0.2) is 4.40 Å². The van der Waals surface area contributed by atoms with Gasteiger partial charge in [0, 0.05) is 12.7 Å². The fraction of sp³-hybridized carbons (Fsp3) is 0.462. The van der Waals surface area contributed by atoms with Crippen molar-refractivity contribution in [2.24, 2.45) is 0 Å². The summed E-state index contributed by atoms with van der Waals surface area (Å²) in [4.78, 5) is 15.5. The molecule has 0 fully saturated rings. The highest BCUT2D eigenvalue weighted by atomic mass is 79.9. The molecule has 0 spiro atoms. The lowest BCUT2D eigenvalue weighted by molar-refractivity contribution is 0.615. The van der Waals surface area contributed by atoms with Crippen molar-refractivity contribution in [2.45, 2.75) is 39.7 Å². The van der Waals surface area contributed by atoms with E-state index in [4.69, 9.17) is 0 Å². The van der Waals surface area contributed by atoms with E-state index in [1.807, 2.05) is 0 Å². The number of halogens is 1. The van der Waals surface area contributed by atoms with Crippen molar-refractivity contribution in [2.75, 3.05) is 0 Å². The minimum Gasteiger partial charge on any atom is -0.354 e. The Morgan fingerprint density at radius 1 is 1.35 bits per heavy atom. The quantitative estimate of drug-likeness (QED) is 0.744. The van der Waals surface area contributed by atoms with E-state index < -0.39 is 0 Å². The molecule has 106 valence electrons. The summed E-state index contributed by atoms with van der Waals surface area (Å²) < 4.78 is 4.51. The Balaban J connectivity index is 2.34. The Kier molecular flexibility index (Phi) is 3.37. The Bertz CT molecular complexity index is 829. The first-order valence-electron chi connectivity index (χ1n) is 6.76. The maximum Gasteiger partial charge on any atom is 0.284 e. The van der Waals surface area contributed by atoms with Crippen LogP contribution < -0.4 is 5.56 Å². The second kappa shape index (κ2) is 5.05. The average molecular weight is 338 g/mol. The van der Waals surface area contributed by atoms with Crippen molar-refractivity contribution < 1.29 is 0 Å². The predicted molar refractivity (Wildman–Crippen MR) is 81.1 cm³/mol. The van der Waals surface area contributed by atoms with Gasteiger partial charge in [0.15, 0.2) is 0 Å². The number of H-pyrrole nitrogens is 1. The molecule has 0 saturated carbocycles. The van der Waals surface area contributed by atoms with Gasteiger partial charge in [0.05, 0.1) is 9.99 Å². The van der Waals surface area contributed by atoms with Crippen LogP contribution in [0.5, 0.6) is 0 Å². The molecule has 20 heavy (non-hydrogen) atoms. The Morgan fingerprint density at radius 2 is 2.15 bits per heavy atom. The molecule has 6 nitrogen and oxygen atoms in total. The zero-order valence-electron chi connectivity index (χ0n) is 11.5. The lowest BCUT2D eigenvalue weighted by Gasteiger charge is -2.10. The largest absolute Gasteiger partial charge is 0.354 e. The van der Waals surface area contributed by atoms with Gasteiger partial charge in [-0.1, -0.05) is 19.8 Å². The number of nitrogens with one attached hydrogen (secondary N) is 1. The minimum absolute atomic E-state index is 0.102. The predicted octanol–water partition coefficient (Wildman–Crippen LogP) is 2.63. The smallest absolute Gasteiger partial charge is 0.284 e. The van der Waals surface area contributed by atoms with Crippen LogP contribution in [0.2, 0.25) is 0 Å². The Labute approximate surface area is 123 Å². The van der Waals surface area contributed by atoms with Gasteiger partial charge in [-0.15, -0.1) is 10.2 Å².